The quantitative estimate of drug-likeness (QED) is 0.511. The lowest BCUT2D eigenvalue weighted by Gasteiger charge is -2.12. The Hall–Kier alpha value is -3.24. The van der Waals surface area contributed by atoms with Crippen LogP contribution in [0.3, 0.4) is 0 Å². The number of carbonyl (C=O) groups is 1. The van der Waals surface area contributed by atoms with Crippen LogP contribution in [-0.2, 0) is 14.8 Å². The number of hydrogen-bond acceptors (Lipinski definition) is 7. The molecular weight excluding hydrogens is 418 g/mol. The van der Waals surface area contributed by atoms with E-state index in [9.17, 15) is 13.2 Å². The molecule has 0 saturated heterocycles. The zero-order valence-electron chi connectivity index (χ0n) is 17.1. The van der Waals surface area contributed by atoms with E-state index < -0.39 is 16.1 Å². The van der Waals surface area contributed by atoms with Gasteiger partial charge in [0.25, 0.3) is 10.0 Å². The molecule has 1 aliphatic carbocycles. The van der Waals surface area contributed by atoms with Crippen LogP contribution in [0.15, 0.2) is 57.9 Å². The maximum Gasteiger partial charge on any atom is 0.261 e. The molecule has 1 aromatic heterocycles. The van der Waals surface area contributed by atoms with Gasteiger partial charge in [-0.15, -0.1) is 0 Å². The van der Waals surface area contributed by atoms with Gasteiger partial charge in [-0.25, -0.2) is 8.42 Å². The van der Waals surface area contributed by atoms with Crippen molar-refractivity contribution in [2.24, 2.45) is 11.1 Å². The van der Waals surface area contributed by atoms with Gasteiger partial charge in [0.2, 0.25) is 17.6 Å². The van der Waals surface area contributed by atoms with Gasteiger partial charge in [0, 0.05) is 16.7 Å². The first kappa shape index (κ1) is 21.0. The topological polar surface area (TPSA) is 140 Å². The number of rotatable bonds is 7. The second-order valence-corrected chi connectivity index (χ2v) is 9.65. The minimum atomic E-state index is -3.83. The molecule has 3 aromatic rings. The van der Waals surface area contributed by atoms with Gasteiger partial charge in [0.15, 0.2) is 0 Å². The minimum absolute atomic E-state index is 0.0586. The van der Waals surface area contributed by atoms with Gasteiger partial charge < -0.3 is 15.6 Å². The number of hydrogen-bond donors (Lipinski definition) is 3. The highest BCUT2D eigenvalue weighted by atomic mass is 32.2. The van der Waals surface area contributed by atoms with Crippen LogP contribution in [-0.4, -0.2) is 24.5 Å². The summed E-state index contributed by atoms with van der Waals surface area (Å²) in [7, 11) is -3.83. The zero-order valence-corrected chi connectivity index (χ0v) is 17.9. The number of aromatic nitrogens is 2. The summed E-state index contributed by atoms with van der Waals surface area (Å²) in [5, 5.41) is 6.70. The molecule has 0 radical (unpaired) electrons. The standard InChI is InChI=1S/C21H23N5O4S/c1-13(22)19-24-18(25-30-19)14-6-8-17(9-7-14)31(28,29)26-16-5-3-4-15(12-16)23-20(27)21(2)10-11-21/h3-9,12-13,26H,10-11,22H2,1-2H3,(H,23,27). The predicted octanol–water partition coefficient (Wildman–Crippen LogP) is 3.30. The average molecular weight is 442 g/mol. The van der Waals surface area contributed by atoms with Crippen LogP contribution < -0.4 is 15.8 Å². The van der Waals surface area contributed by atoms with Crippen LogP contribution in [0, 0.1) is 5.41 Å². The smallest absolute Gasteiger partial charge is 0.261 e. The average Bonchev–Trinajstić information content (AvgIpc) is 3.28. The minimum Gasteiger partial charge on any atom is -0.337 e. The highest BCUT2D eigenvalue weighted by Gasteiger charge is 2.44. The Balaban J connectivity index is 1.48. The number of carbonyl (C=O) groups excluding carboxylic acids is 1. The van der Waals surface area contributed by atoms with Crippen molar-refractivity contribution >= 4 is 27.3 Å². The Morgan fingerprint density at radius 1 is 1.16 bits per heavy atom. The third-order valence-electron chi connectivity index (χ3n) is 5.17. The van der Waals surface area contributed by atoms with Crippen molar-refractivity contribution in [1.29, 1.82) is 0 Å². The molecule has 1 atom stereocenters. The summed E-state index contributed by atoms with van der Waals surface area (Å²) in [6.07, 6.45) is 1.72. The number of sulfonamides is 1. The van der Waals surface area contributed by atoms with Crippen molar-refractivity contribution in [3.63, 3.8) is 0 Å². The van der Waals surface area contributed by atoms with Gasteiger partial charge in [0.05, 0.1) is 16.6 Å². The van der Waals surface area contributed by atoms with Gasteiger partial charge in [-0.05, 0) is 62.2 Å². The normalized spacial score (nSPS) is 15.8. The maximum atomic E-state index is 12.8. The Bertz CT molecular complexity index is 1210. The third kappa shape index (κ3) is 4.59. The summed E-state index contributed by atoms with van der Waals surface area (Å²) in [6, 6.07) is 12.3. The summed E-state index contributed by atoms with van der Waals surface area (Å²) >= 11 is 0. The van der Waals surface area contributed by atoms with Crippen LogP contribution in [0.25, 0.3) is 11.4 Å². The van der Waals surface area contributed by atoms with Crippen LogP contribution in [0.5, 0.6) is 0 Å². The third-order valence-corrected chi connectivity index (χ3v) is 6.57. The Morgan fingerprint density at radius 2 is 1.84 bits per heavy atom. The summed E-state index contributed by atoms with van der Waals surface area (Å²) in [6.45, 7) is 3.63. The van der Waals surface area contributed by atoms with Gasteiger partial charge in [-0.3, -0.25) is 9.52 Å². The van der Waals surface area contributed by atoms with E-state index in [1.54, 1.807) is 43.3 Å². The summed E-state index contributed by atoms with van der Waals surface area (Å²) in [4.78, 5) is 16.5. The van der Waals surface area contributed by atoms with Crippen LogP contribution >= 0.6 is 0 Å². The van der Waals surface area contributed by atoms with Crippen LogP contribution in [0.2, 0.25) is 0 Å². The first-order chi connectivity index (χ1) is 14.7. The molecule has 1 aliphatic rings. The highest BCUT2D eigenvalue weighted by molar-refractivity contribution is 7.92. The molecule has 1 fully saturated rings. The molecule has 2 aromatic carbocycles. The van der Waals surface area contributed by atoms with Crippen molar-refractivity contribution < 1.29 is 17.7 Å². The number of nitrogens with one attached hydrogen (secondary N) is 2. The van der Waals surface area contributed by atoms with E-state index in [1.165, 1.54) is 12.1 Å². The van der Waals surface area contributed by atoms with E-state index in [2.05, 4.69) is 20.2 Å². The highest BCUT2D eigenvalue weighted by Crippen LogP contribution is 2.45. The Kier molecular flexibility index (Phi) is 5.28. The molecule has 9 nitrogen and oxygen atoms in total. The van der Waals surface area contributed by atoms with Gasteiger partial charge >= 0.3 is 0 Å². The predicted molar refractivity (Wildman–Crippen MR) is 116 cm³/mol. The monoisotopic (exact) mass is 441 g/mol. The first-order valence-corrected chi connectivity index (χ1v) is 11.3. The fraction of sp³-hybridized carbons (Fsp3) is 0.286. The molecule has 4 rings (SSSR count). The van der Waals surface area contributed by atoms with Crippen molar-refractivity contribution in [3.05, 3.63) is 54.4 Å². The second-order valence-electron chi connectivity index (χ2n) is 7.97. The largest absolute Gasteiger partial charge is 0.337 e. The molecule has 31 heavy (non-hydrogen) atoms. The SMILES string of the molecule is CC(N)c1nc(-c2ccc(S(=O)(=O)Nc3cccc(NC(=O)C4(C)CC4)c3)cc2)no1. The van der Waals surface area contributed by atoms with E-state index in [1.807, 2.05) is 6.92 Å². The van der Waals surface area contributed by atoms with Crippen molar-refractivity contribution in [2.45, 2.75) is 37.6 Å². The number of amides is 1. The lowest BCUT2D eigenvalue weighted by atomic mass is 10.1. The molecule has 1 saturated carbocycles. The van der Waals surface area contributed by atoms with E-state index >= 15 is 0 Å². The lowest BCUT2D eigenvalue weighted by molar-refractivity contribution is -0.120. The fourth-order valence-electron chi connectivity index (χ4n) is 2.89. The zero-order chi connectivity index (χ0) is 22.2. The Labute approximate surface area is 180 Å². The van der Waals surface area contributed by atoms with E-state index in [0.29, 0.717) is 28.7 Å². The van der Waals surface area contributed by atoms with E-state index in [0.717, 1.165) is 12.8 Å². The molecular formula is C21H23N5O4S. The molecule has 0 bridgehead atoms. The van der Waals surface area contributed by atoms with Gasteiger partial charge in [-0.2, -0.15) is 4.98 Å². The van der Waals surface area contributed by atoms with Crippen molar-refractivity contribution in [2.75, 3.05) is 10.0 Å². The van der Waals surface area contributed by atoms with Crippen LogP contribution in [0.1, 0.15) is 38.6 Å². The van der Waals surface area contributed by atoms with E-state index in [-0.39, 0.29) is 16.2 Å². The summed E-state index contributed by atoms with van der Waals surface area (Å²) < 4.78 is 33.2. The first-order valence-electron chi connectivity index (χ1n) is 9.80. The van der Waals surface area contributed by atoms with Crippen molar-refractivity contribution in [3.8, 4) is 11.4 Å². The number of nitrogens with zero attached hydrogens (tertiary/aromatic N) is 2. The number of benzene rings is 2. The molecule has 162 valence electrons. The molecule has 0 aliphatic heterocycles. The molecule has 10 heteroatoms. The van der Waals surface area contributed by atoms with E-state index in [4.69, 9.17) is 10.3 Å². The number of anilines is 2. The second kappa shape index (κ2) is 7.78. The number of nitrogens with two attached hydrogens (primary N) is 1. The molecule has 1 unspecified atom stereocenters. The van der Waals surface area contributed by atoms with Crippen LogP contribution in [0.4, 0.5) is 11.4 Å². The molecule has 1 heterocycles. The van der Waals surface area contributed by atoms with Crippen molar-refractivity contribution in [1.82, 2.24) is 10.1 Å². The van der Waals surface area contributed by atoms with Gasteiger partial charge in [0.1, 0.15) is 0 Å². The molecule has 0 spiro atoms. The molecule has 4 N–H and O–H groups in total. The fourth-order valence-corrected chi connectivity index (χ4v) is 3.94. The summed E-state index contributed by atoms with van der Waals surface area (Å²) in [5.41, 5.74) is 6.89. The summed E-state index contributed by atoms with van der Waals surface area (Å²) in [5.74, 6) is 0.574. The maximum absolute atomic E-state index is 12.8. The molecule has 1 amide bonds. The lowest BCUT2D eigenvalue weighted by Crippen LogP contribution is -2.21. The van der Waals surface area contributed by atoms with Gasteiger partial charge in [-0.1, -0.05) is 18.1 Å². The Morgan fingerprint density at radius 3 is 2.45 bits per heavy atom.